The molecule has 0 unspecified atom stereocenters. The summed E-state index contributed by atoms with van der Waals surface area (Å²) in [7, 11) is 1.49. The molecular weight excluding hydrogens is 335 g/mol. The first-order valence-electron chi connectivity index (χ1n) is 7.30. The Morgan fingerprint density at radius 3 is 2.44 bits per heavy atom. The third kappa shape index (κ3) is 3.28. The van der Waals surface area contributed by atoms with E-state index >= 15 is 0 Å². The molecule has 0 aliphatic heterocycles. The van der Waals surface area contributed by atoms with Gasteiger partial charge < -0.3 is 10.5 Å². The van der Waals surface area contributed by atoms with Gasteiger partial charge in [-0.05, 0) is 35.9 Å². The molecule has 3 rings (SSSR count). The zero-order valence-electron chi connectivity index (χ0n) is 13.2. The first-order chi connectivity index (χ1) is 11.8. The number of alkyl halides is 3. The minimum absolute atomic E-state index is 0.0431. The molecule has 0 atom stereocenters. The molecule has 0 spiro atoms. The maximum atomic E-state index is 13.4. The number of aromatic nitrogens is 2. The topological polar surface area (TPSA) is 70.1 Å². The fourth-order valence-corrected chi connectivity index (χ4v) is 2.52. The van der Waals surface area contributed by atoms with Gasteiger partial charge in [-0.3, -0.25) is 9.36 Å². The largest absolute Gasteiger partial charge is 0.497 e. The van der Waals surface area contributed by atoms with E-state index in [-0.39, 0.29) is 23.1 Å². The number of halogens is 3. The van der Waals surface area contributed by atoms with Gasteiger partial charge in [-0.25, -0.2) is 4.98 Å². The molecule has 0 amide bonds. The number of ether oxygens (including phenoxy) is 1. The van der Waals surface area contributed by atoms with Gasteiger partial charge in [-0.1, -0.05) is 12.1 Å². The number of nitrogen functional groups attached to an aromatic ring is 1. The highest BCUT2D eigenvalue weighted by atomic mass is 19.4. The number of rotatable bonds is 3. The van der Waals surface area contributed by atoms with E-state index in [2.05, 4.69) is 4.98 Å². The van der Waals surface area contributed by atoms with Crippen LogP contribution in [0.3, 0.4) is 0 Å². The molecule has 25 heavy (non-hydrogen) atoms. The van der Waals surface area contributed by atoms with Gasteiger partial charge in [0, 0.05) is 5.69 Å². The second-order valence-electron chi connectivity index (χ2n) is 5.45. The minimum Gasteiger partial charge on any atom is -0.497 e. The zero-order chi connectivity index (χ0) is 18.2. The van der Waals surface area contributed by atoms with Crippen LogP contribution in [0.5, 0.6) is 5.75 Å². The molecule has 0 radical (unpaired) electrons. The molecule has 3 aromatic rings. The number of fused-ring (bicyclic) bond motifs is 1. The Balaban J connectivity index is 2.19. The number of methoxy groups -OCH3 is 1. The molecule has 1 heterocycles. The Morgan fingerprint density at radius 1 is 1.16 bits per heavy atom. The van der Waals surface area contributed by atoms with Crippen LogP contribution in [0.1, 0.15) is 11.4 Å². The predicted molar refractivity (Wildman–Crippen MR) is 87.5 cm³/mol. The minimum atomic E-state index is -4.76. The van der Waals surface area contributed by atoms with Crippen LogP contribution < -0.4 is 16.0 Å². The summed E-state index contributed by atoms with van der Waals surface area (Å²) in [5, 5.41) is 0.0431. The second-order valence-corrected chi connectivity index (χ2v) is 5.45. The molecular formula is C17H14F3N3O2. The Hall–Kier alpha value is -3.03. The molecule has 130 valence electrons. The summed E-state index contributed by atoms with van der Waals surface area (Å²) in [6.45, 7) is -0.268. The summed E-state index contributed by atoms with van der Waals surface area (Å²) in [5.41, 5.74) is 5.60. The number of hydrogen-bond acceptors (Lipinski definition) is 4. The van der Waals surface area contributed by atoms with Crippen LogP contribution >= 0.6 is 0 Å². The van der Waals surface area contributed by atoms with Crippen molar-refractivity contribution in [2.45, 2.75) is 12.7 Å². The highest BCUT2D eigenvalue weighted by molar-refractivity contribution is 5.81. The van der Waals surface area contributed by atoms with Gasteiger partial charge in [0.05, 0.1) is 24.6 Å². The molecule has 0 saturated carbocycles. The summed E-state index contributed by atoms with van der Waals surface area (Å²) in [5.74, 6) is -0.679. The van der Waals surface area contributed by atoms with Crippen LogP contribution in [-0.2, 0) is 12.7 Å². The molecule has 0 fully saturated rings. The zero-order valence-corrected chi connectivity index (χ0v) is 13.2. The average Bonchev–Trinajstić information content (AvgIpc) is 2.57. The SMILES string of the molecule is COc1ccc(Cn2c(C(F)(F)F)nc3ccc(N)cc3c2=O)cc1. The van der Waals surface area contributed by atoms with Crippen molar-refractivity contribution in [3.05, 3.63) is 64.2 Å². The third-order valence-corrected chi connectivity index (χ3v) is 3.73. The van der Waals surface area contributed by atoms with Crippen molar-refractivity contribution in [2.75, 3.05) is 12.8 Å². The van der Waals surface area contributed by atoms with E-state index in [9.17, 15) is 18.0 Å². The Kier molecular flexibility index (Phi) is 4.12. The van der Waals surface area contributed by atoms with E-state index in [1.807, 2.05) is 0 Å². The number of anilines is 1. The number of hydrogen-bond donors (Lipinski definition) is 1. The summed E-state index contributed by atoms with van der Waals surface area (Å²) in [6, 6.07) is 10.4. The Morgan fingerprint density at radius 2 is 1.84 bits per heavy atom. The quantitative estimate of drug-likeness (QED) is 0.738. The highest BCUT2D eigenvalue weighted by Gasteiger charge is 2.37. The van der Waals surface area contributed by atoms with Crippen molar-refractivity contribution in [1.29, 1.82) is 0 Å². The maximum Gasteiger partial charge on any atom is 0.449 e. The van der Waals surface area contributed by atoms with E-state index in [0.29, 0.717) is 15.9 Å². The van der Waals surface area contributed by atoms with Gasteiger partial charge in [-0.2, -0.15) is 13.2 Å². The predicted octanol–water partition coefficient (Wildman–Crippen LogP) is 3.05. The lowest BCUT2D eigenvalue weighted by Gasteiger charge is -2.16. The normalized spacial score (nSPS) is 11.7. The van der Waals surface area contributed by atoms with Gasteiger partial charge >= 0.3 is 6.18 Å². The van der Waals surface area contributed by atoms with Crippen molar-refractivity contribution >= 4 is 16.6 Å². The molecule has 0 saturated heterocycles. The fraction of sp³-hybridized carbons (Fsp3) is 0.176. The van der Waals surface area contributed by atoms with Crippen molar-refractivity contribution in [2.24, 2.45) is 0 Å². The summed E-state index contributed by atoms with van der Waals surface area (Å²) < 4.78 is 45.8. The van der Waals surface area contributed by atoms with Gasteiger partial charge in [0.1, 0.15) is 5.75 Å². The van der Waals surface area contributed by atoms with Gasteiger partial charge in [0.15, 0.2) is 0 Å². The standard InChI is InChI=1S/C17H14F3N3O2/c1-25-12-5-2-10(3-6-12)9-23-15(24)13-8-11(21)4-7-14(13)22-16(23)17(18,19)20/h2-8H,9,21H2,1H3. The third-order valence-electron chi connectivity index (χ3n) is 3.73. The first-order valence-corrected chi connectivity index (χ1v) is 7.30. The van der Waals surface area contributed by atoms with E-state index in [1.54, 1.807) is 24.3 Å². The van der Waals surface area contributed by atoms with Crippen LogP contribution in [0.25, 0.3) is 10.9 Å². The molecule has 0 bridgehead atoms. The Labute approximate surface area is 140 Å². The average molecular weight is 349 g/mol. The molecule has 5 nitrogen and oxygen atoms in total. The summed E-state index contributed by atoms with van der Waals surface area (Å²) in [6.07, 6.45) is -4.76. The van der Waals surface area contributed by atoms with Crippen LogP contribution in [-0.4, -0.2) is 16.7 Å². The monoisotopic (exact) mass is 349 g/mol. The first kappa shape index (κ1) is 16.8. The van der Waals surface area contributed by atoms with Gasteiger partial charge in [0.2, 0.25) is 5.82 Å². The fourth-order valence-electron chi connectivity index (χ4n) is 2.52. The van der Waals surface area contributed by atoms with Gasteiger partial charge in [0.25, 0.3) is 5.56 Å². The molecule has 2 N–H and O–H groups in total. The van der Waals surface area contributed by atoms with Crippen LogP contribution in [0.2, 0.25) is 0 Å². The van der Waals surface area contributed by atoms with E-state index in [0.717, 1.165) is 0 Å². The van der Waals surface area contributed by atoms with Crippen molar-refractivity contribution in [3.63, 3.8) is 0 Å². The molecule has 0 aliphatic carbocycles. The lowest BCUT2D eigenvalue weighted by atomic mass is 10.2. The maximum absolute atomic E-state index is 13.4. The van der Waals surface area contributed by atoms with Gasteiger partial charge in [-0.15, -0.1) is 0 Å². The molecule has 8 heteroatoms. The van der Waals surface area contributed by atoms with E-state index < -0.39 is 17.6 Å². The van der Waals surface area contributed by atoms with Crippen LogP contribution in [0.4, 0.5) is 18.9 Å². The van der Waals surface area contributed by atoms with E-state index in [4.69, 9.17) is 10.5 Å². The summed E-state index contributed by atoms with van der Waals surface area (Å²) >= 11 is 0. The van der Waals surface area contributed by atoms with Crippen molar-refractivity contribution in [1.82, 2.24) is 9.55 Å². The molecule has 2 aromatic carbocycles. The lowest BCUT2D eigenvalue weighted by Crippen LogP contribution is -2.30. The summed E-state index contributed by atoms with van der Waals surface area (Å²) in [4.78, 5) is 16.3. The van der Waals surface area contributed by atoms with E-state index in [1.165, 1.54) is 25.3 Å². The molecule has 0 aliphatic rings. The van der Waals surface area contributed by atoms with Crippen molar-refractivity contribution < 1.29 is 17.9 Å². The van der Waals surface area contributed by atoms with Crippen LogP contribution in [0.15, 0.2) is 47.3 Å². The van der Waals surface area contributed by atoms with Crippen molar-refractivity contribution in [3.8, 4) is 5.75 Å². The second kappa shape index (κ2) is 6.12. The van der Waals surface area contributed by atoms with Crippen LogP contribution in [0, 0.1) is 0 Å². The molecule has 1 aromatic heterocycles. The highest BCUT2D eigenvalue weighted by Crippen LogP contribution is 2.29. The number of nitrogens with zero attached hydrogens (tertiary/aromatic N) is 2. The number of benzene rings is 2. The smallest absolute Gasteiger partial charge is 0.449 e. The Bertz CT molecular complexity index is 979. The lowest BCUT2D eigenvalue weighted by molar-refractivity contribution is -0.147. The number of nitrogens with two attached hydrogens (primary N) is 1.